The summed E-state index contributed by atoms with van der Waals surface area (Å²) in [5.74, 6) is 0.982. The van der Waals surface area contributed by atoms with Crippen LogP contribution in [0, 0.1) is 0 Å². The van der Waals surface area contributed by atoms with E-state index in [4.69, 9.17) is 0 Å². The number of H-pyrrole nitrogens is 1. The maximum Gasteiger partial charge on any atom is 0.137 e. The van der Waals surface area contributed by atoms with Crippen molar-refractivity contribution in [2.45, 2.75) is 39.0 Å². The molecule has 90 valence electrons. The molecule has 0 radical (unpaired) electrons. The lowest BCUT2D eigenvalue weighted by molar-refractivity contribution is 0.662. The van der Waals surface area contributed by atoms with Crippen molar-refractivity contribution in [1.29, 1.82) is 0 Å². The molecule has 0 unspecified atom stereocenters. The largest absolute Gasteiger partial charge is 0.342 e. The first-order valence-corrected chi connectivity index (χ1v) is 6.49. The molecule has 2 rings (SSSR count). The number of hydrogen-bond donors (Lipinski definition) is 1. The lowest BCUT2D eigenvalue weighted by atomic mass is 10.1. The molecule has 0 aliphatic heterocycles. The summed E-state index contributed by atoms with van der Waals surface area (Å²) in [7, 11) is 0. The highest BCUT2D eigenvalue weighted by Crippen LogP contribution is 2.15. The second-order valence-corrected chi connectivity index (χ2v) is 4.43. The standard InChI is InChI=1S/C15H20N2/c1-2-3-4-8-11-14-12-16-15(17-14)13-9-6-5-7-10-13/h5-7,9-10,12H,2-4,8,11H2,1H3,(H,16,17). The van der Waals surface area contributed by atoms with Crippen LogP contribution in [0.3, 0.4) is 0 Å². The second kappa shape index (κ2) is 6.24. The van der Waals surface area contributed by atoms with Gasteiger partial charge in [-0.1, -0.05) is 56.5 Å². The van der Waals surface area contributed by atoms with E-state index in [2.05, 4.69) is 29.0 Å². The number of benzene rings is 1. The van der Waals surface area contributed by atoms with Crippen molar-refractivity contribution in [1.82, 2.24) is 9.97 Å². The molecule has 0 atom stereocenters. The molecule has 17 heavy (non-hydrogen) atoms. The lowest BCUT2D eigenvalue weighted by Gasteiger charge is -1.98. The van der Waals surface area contributed by atoms with Crippen molar-refractivity contribution in [3.63, 3.8) is 0 Å². The second-order valence-electron chi connectivity index (χ2n) is 4.43. The van der Waals surface area contributed by atoms with Crippen molar-refractivity contribution in [2.75, 3.05) is 0 Å². The average Bonchev–Trinajstić information content (AvgIpc) is 2.85. The van der Waals surface area contributed by atoms with Crippen LogP contribution in [0.2, 0.25) is 0 Å². The molecule has 0 spiro atoms. The van der Waals surface area contributed by atoms with Crippen LogP contribution < -0.4 is 0 Å². The summed E-state index contributed by atoms with van der Waals surface area (Å²) >= 11 is 0. The molecular formula is C15H20N2. The van der Waals surface area contributed by atoms with E-state index in [1.165, 1.54) is 31.4 Å². The number of imidazole rings is 1. The molecule has 1 aromatic heterocycles. The van der Waals surface area contributed by atoms with Gasteiger partial charge in [0.1, 0.15) is 5.82 Å². The summed E-state index contributed by atoms with van der Waals surface area (Å²) in [6.45, 7) is 2.24. The van der Waals surface area contributed by atoms with E-state index in [1.807, 2.05) is 24.4 Å². The Kier molecular flexibility index (Phi) is 4.37. The van der Waals surface area contributed by atoms with Crippen molar-refractivity contribution in [3.8, 4) is 11.4 Å². The number of nitrogens with one attached hydrogen (secondary N) is 1. The fraction of sp³-hybridized carbons (Fsp3) is 0.400. The number of unbranched alkanes of at least 4 members (excludes halogenated alkanes) is 3. The quantitative estimate of drug-likeness (QED) is 0.737. The first kappa shape index (κ1) is 11.9. The van der Waals surface area contributed by atoms with Crippen LogP contribution in [-0.4, -0.2) is 9.97 Å². The Labute approximate surface area is 103 Å². The molecule has 0 saturated carbocycles. The lowest BCUT2D eigenvalue weighted by Crippen LogP contribution is -1.86. The number of aromatic amines is 1. The fourth-order valence-corrected chi connectivity index (χ4v) is 1.97. The third-order valence-electron chi connectivity index (χ3n) is 2.98. The zero-order valence-electron chi connectivity index (χ0n) is 10.4. The number of aryl methyl sites for hydroxylation is 1. The number of aromatic nitrogens is 2. The molecule has 2 nitrogen and oxygen atoms in total. The maximum absolute atomic E-state index is 4.43. The van der Waals surface area contributed by atoms with Crippen LogP contribution in [0.4, 0.5) is 0 Å². The number of rotatable bonds is 6. The van der Waals surface area contributed by atoms with Gasteiger partial charge in [0, 0.05) is 17.5 Å². The van der Waals surface area contributed by atoms with E-state index in [0.29, 0.717) is 0 Å². The van der Waals surface area contributed by atoms with E-state index >= 15 is 0 Å². The topological polar surface area (TPSA) is 28.7 Å². The first-order valence-electron chi connectivity index (χ1n) is 6.49. The van der Waals surface area contributed by atoms with Crippen LogP contribution in [0.5, 0.6) is 0 Å². The Balaban J connectivity index is 1.92. The zero-order valence-corrected chi connectivity index (χ0v) is 10.4. The van der Waals surface area contributed by atoms with Gasteiger partial charge in [-0.25, -0.2) is 4.98 Å². The normalized spacial score (nSPS) is 10.6. The van der Waals surface area contributed by atoms with E-state index in [-0.39, 0.29) is 0 Å². The van der Waals surface area contributed by atoms with Gasteiger partial charge in [-0.3, -0.25) is 0 Å². The highest BCUT2D eigenvalue weighted by atomic mass is 14.9. The van der Waals surface area contributed by atoms with E-state index < -0.39 is 0 Å². The minimum absolute atomic E-state index is 0.982. The predicted molar refractivity (Wildman–Crippen MR) is 71.9 cm³/mol. The highest BCUT2D eigenvalue weighted by molar-refractivity contribution is 5.54. The van der Waals surface area contributed by atoms with Gasteiger partial charge < -0.3 is 4.98 Å². The van der Waals surface area contributed by atoms with Gasteiger partial charge in [0.05, 0.1) is 0 Å². The van der Waals surface area contributed by atoms with Crippen molar-refractivity contribution in [3.05, 3.63) is 42.2 Å². The Morgan fingerprint density at radius 3 is 2.65 bits per heavy atom. The van der Waals surface area contributed by atoms with E-state index in [1.54, 1.807) is 0 Å². The van der Waals surface area contributed by atoms with Crippen molar-refractivity contribution in [2.24, 2.45) is 0 Å². The molecule has 2 heteroatoms. The smallest absolute Gasteiger partial charge is 0.137 e. The van der Waals surface area contributed by atoms with Crippen LogP contribution in [0.25, 0.3) is 11.4 Å². The minimum Gasteiger partial charge on any atom is -0.342 e. The maximum atomic E-state index is 4.43. The van der Waals surface area contributed by atoms with Crippen molar-refractivity contribution < 1.29 is 0 Å². The highest BCUT2D eigenvalue weighted by Gasteiger charge is 2.02. The Morgan fingerprint density at radius 1 is 1.06 bits per heavy atom. The van der Waals surface area contributed by atoms with E-state index in [0.717, 1.165) is 17.8 Å². The van der Waals surface area contributed by atoms with Gasteiger partial charge in [0.25, 0.3) is 0 Å². The molecule has 0 fully saturated rings. The molecule has 0 aliphatic rings. The first-order chi connectivity index (χ1) is 8.40. The third kappa shape index (κ3) is 3.45. The van der Waals surface area contributed by atoms with E-state index in [9.17, 15) is 0 Å². The molecule has 0 bridgehead atoms. The Hall–Kier alpha value is -1.57. The van der Waals surface area contributed by atoms with Gasteiger partial charge in [-0.05, 0) is 12.8 Å². The minimum atomic E-state index is 0.982. The summed E-state index contributed by atoms with van der Waals surface area (Å²) in [5.41, 5.74) is 2.41. The summed E-state index contributed by atoms with van der Waals surface area (Å²) in [6.07, 6.45) is 8.27. The predicted octanol–water partition coefficient (Wildman–Crippen LogP) is 4.20. The Morgan fingerprint density at radius 2 is 1.88 bits per heavy atom. The molecule has 0 aliphatic carbocycles. The molecule has 1 aromatic carbocycles. The molecule has 1 N–H and O–H groups in total. The van der Waals surface area contributed by atoms with Gasteiger partial charge >= 0.3 is 0 Å². The molecule has 2 aromatic rings. The SMILES string of the molecule is CCCCCCc1cnc(-c2ccccc2)[nH]1. The van der Waals surface area contributed by atoms with Crippen LogP contribution in [0.1, 0.15) is 38.3 Å². The number of nitrogens with zero attached hydrogens (tertiary/aromatic N) is 1. The monoisotopic (exact) mass is 228 g/mol. The van der Waals surface area contributed by atoms with Crippen LogP contribution in [-0.2, 0) is 6.42 Å². The summed E-state index contributed by atoms with van der Waals surface area (Å²) in [4.78, 5) is 7.83. The molecular weight excluding hydrogens is 208 g/mol. The summed E-state index contributed by atoms with van der Waals surface area (Å²) < 4.78 is 0. The summed E-state index contributed by atoms with van der Waals surface area (Å²) in [5, 5.41) is 0. The van der Waals surface area contributed by atoms with Gasteiger partial charge in [0.15, 0.2) is 0 Å². The molecule has 0 amide bonds. The molecule has 1 heterocycles. The Bertz CT molecular complexity index is 431. The van der Waals surface area contributed by atoms with Crippen LogP contribution in [0.15, 0.2) is 36.5 Å². The fourth-order valence-electron chi connectivity index (χ4n) is 1.97. The summed E-state index contributed by atoms with van der Waals surface area (Å²) in [6, 6.07) is 10.3. The third-order valence-corrected chi connectivity index (χ3v) is 2.98. The van der Waals surface area contributed by atoms with Crippen molar-refractivity contribution >= 4 is 0 Å². The van der Waals surface area contributed by atoms with Gasteiger partial charge in [-0.2, -0.15) is 0 Å². The zero-order chi connectivity index (χ0) is 11.9. The van der Waals surface area contributed by atoms with Crippen LogP contribution >= 0.6 is 0 Å². The molecule has 0 saturated heterocycles. The van der Waals surface area contributed by atoms with Gasteiger partial charge in [-0.15, -0.1) is 0 Å². The van der Waals surface area contributed by atoms with Gasteiger partial charge in [0.2, 0.25) is 0 Å². The number of hydrogen-bond acceptors (Lipinski definition) is 1. The average molecular weight is 228 g/mol.